The molecule has 4 heterocycles. The van der Waals surface area contributed by atoms with E-state index in [0.29, 0.717) is 36.9 Å². The van der Waals surface area contributed by atoms with E-state index in [1.54, 1.807) is 12.3 Å². The molecule has 2 aromatic heterocycles. The maximum atomic E-state index is 13.3. The van der Waals surface area contributed by atoms with Gasteiger partial charge in [0.05, 0.1) is 23.8 Å². The highest BCUT2D eigenvalue weighted by Crippen LogP contribution is 2.41. The van der Waals surface area contributed by atoms with Crippen LogP contribution >= 0.6 is 0 Å². The van der Waals surface area contributed by atoms with Crippen molar-refractivity contribution in [1.29, 1.82) is 0 Å². The third kappa shape index (κ3) is 8.51. The number of rotatable bonds is 12. The number of anilines is 1. The molecular formula is C47H46F3N5O2. The van der Waals surface area contributed by atoms with Crippen LogP contribution in [-0.2, 0) is 18.3 Å². The van der Waals surface area contributed by atoms with Crippen molar-refractivity contribution < 1.29 is 22.7 Å². The smallest absolute Gasteiger partial charge is 0.416 e. The molecule has 0 spiro atoms. The number of hydrogen-bond donors (Lipinski definition) is 0. The highest BCUT2D eigenvalue weighted by molar-refractivity contribution is 5.94. The number of halogens is 3. The summed E-state index contributed by atoms with van der Waals surface area (Å²) in [6, 6.07) is 40.7. The fraction of sp³-hybridized carbons (Fsp3) is 0.298. The molecule has 0 unspecified atom stereocenters. The minimum Gasteiger partial charge on any atom is -0.489 e. The number of pyridine rings is 1. The lowest BCUT2D eigenvalue weighted by molar-refractivity contribution is -0.137. The van der Waals surface area contributed by atoms with Gasteiger partial charge in [-0.1, -0.05) is 91.0 Å². The van der Waals surface area contributed by atoms with E-state index in [2.05, 4.69) is 117 Å². The van der Waals surface area contributed by atoms with Gasteiger partial charge < -0.3 is 14.2 Å². The number of ketones is 1. The Morgan fingerprint density at radius 2 is 1.25 bits per heavy atom. The molecule has 0 atom stereocenters. The summed E-state index contributed by atoms with van der Waals surface area (Å²) in [6.45, 7) is 3.88. The van der Waals surface area contributed by atoms with Crippen molar-refractivity contribution in [3.05, 3.63) is 180 Å². The molecule has 2 aliphatic rings. The molecule has 2 aliphatic heterocycles. The summed E-state index contributed by atoms with van der Waals surface area (Å²) in [4.78, 5) is 27.2. The lowest BCUT2D eigenvalue weighted by Crippen LogP contribution is -2.38. The quantitative estimate of drug-likeness (QED) is 0.0913. The van der Waals surface area contributed by atoms with Crippen LogP contribution in [0.2, 0.25) is 0 Å². The van der Waals surface area contributed by atoms with Crippen molar-refractivity contribution in [2.75, 3.05) is 31.1 Å². The second-order valence-electron chi connectivity index (χ2n) is 15.2. The first-order chi connectivity index (χ1) is 27.8. The lowest BCUT2D eigenvalue weighted by atomic mass is 9.77. The van der Waals surface area contributed by atoms with Crippen LogP contribution in [0.1, 0.15) is 70.5 Å². The average molecular weight is 770 g/mol. The second-order valence-corrected chi connectivity index (χ2v) is 15.2. The van der Waals surface area contributed by atoms with Crippen LogP contribution in [0, 0.1) is 5.92 Å². The van der Waals surface area contributed by atoms with Crippen LogP contribution in [0.15, 0.2) is 146 Å². The van der Waals surface area contributed by atoms with Crippen molar-refractivity contribution in [1.82, 2.24) is 19.4 Å². The molecule has 0 N–H and O–H groups in total. The predicted octanol–water partition coefficient (Wildman–Crippen LogP) is 9.67. The summed E-state index contributed by atoms with van der Waals surface area (Å²) < 4.78 is 47.3. The topological polar surface area (TPSA) is 63.5 Å². The number of nitrogens with zero attached hydrogens (tertiary/aromatic N) is 5. The van der Waals surface area contributed by atoms with Gasteiger partial charge in [0.2, 0.25) is 0 Å². The molecule has 8 rings (SSSR count). The van der Waals surface area contributed by atoms with Gasteiger partial charge in [0, 0.05) is 50.8 Å². The molecule has 0 bridgehead atoms. The van der Waals surface area contributed by atoms with E-state index in [0.717, 1.165) is 85.5 Å². The van der Waals surface area contributed by atoms with Crippen molar-refractivity contribution in [2.24, 2.45) is 5.92 Å². The van der Waals surface area contributed by atoms with E-state index < -0.39 is 17.3 Å². The van der Waals surface area contributed by atoms with E-state index in [9.17, 15) is 18.0 Å². The van der Waals surface area contributed by atoms with Gasteiger partial charge in [-0.3, -0.25) is 9.69 Å². The molecule has 0 aliphatic carbocycles. The third-order valence-electron chi connectivity index (χ3n) is 11.5. The monoisotopic (exact) mass is 769 g/mol. The Balaban J connectivity index is 0.840. The number of imidazole rings is 1. The molecule has 0 saturated carbocycles. The molecule has 2 saturated heterocycles. The summed E-state index contributed by atoms with van der Waals surface area (Å²) in [5.41, 5.74) is 4.47. The molecule has 0 radical (unpaired) electrons. The summed E-state index contributed by atoms with van der Waals surface area (Å²) in [6.07, 6.45) is 5.20. The fourth-order valence-electron chi connectivity index (χ4n) is 8.46. The van der Waals surface area contributed by atoms with Gasteiger partial charge in [-0.2, -0.15) is 13.2 Å². The lowest BCUT2D eigenvalue weighted by Gasteiger charge is -2.37. The molecular weight excluding hydrogens is 724 g/mol. The predicted molar refractivity (Wildman–Crippen MR) is 215 cm³/mol. The van der Waals surface area contributed by atoms with Gasteiger partial charge in [0.25, 0.3) is 0 Å². The Labute approximate surface area is 331 Å². The summed E-state index contributed by atoms with van der Waals surface area (Å²) in [7, 11) is 0. The summed E-state index contributed by atoms with van der Waals surface area (Å²) in [5.74, 6) is 0.951. The summed E-state index contributed by atoms with van der Waals surface area (Å²) in [5, 5.41) is 0. The number of piperidine rings is 2. The van der Waals surface area contributed by atoms with Crippen molar-refractivity contribution in [3.63, 3.8) is 0 Å². The Kier molecular flexibility index (Phi) is 11.2. The van der Waals surface area contributed by atoms with Crippen LogP contribution < -0.4 is 9.64 Å². The SMILES string of the molecule is O=C(CC1CCN(Cc2cn(C(c3ccccc3)(c3ccccc3)c3ccccc3)cn2)CC1)c1ccc(OC2CCN(c3ccc(C(F)(F)F)cc3)CC2)cn1. The number of hydrogen-bond acceptors (Lipinski definition) is 6. The molecule has 292 valence electrons. The molecule has 7 nitrogen and oxygen atoms in total. The highest BCUT2D eigenvalue weighted by Gasteiger charge is 2.38. The number of alkyl halides is 3. The van der Waals surface area contributed by atoms with E-state index >= 15 is 0 Å². The minimum absolute atomic E-state index is 0.0304. The Morgan fingerprint density at radius 3 is 1.77 bits per heavy atom. The number of Topliss-reactive ketones (excluding diaryl/α,β-unsaturated/α-hetero) is 1. The number of benzene rings is 4. The van der Waals surface area contributed by atoms with Crippen LogP contribution in [0.5, 0.6) is 5.75 Å². The molecule has 4 aromatic carbocycles. The van der Waals surface area contributed by atoms with Crippen molar-refractivity contribution >= 4 is 11.5 Å². The van der Waals surface area contributed by atoms with E-state index in [4.69, 9.17) is 9.72 Å². The normalized spacial score (nSPS) is 16.1. The first kappa shape index (κ1) is 38.1. The van der Waals surface area contributed by atoms with Crippen molar-refractivity contribution in [2.45, 2.75) is 56.5 Å². The average Bonchev–Trinajstić information content (AvgIpc) is 3.71. The van der Waals surface area contributed by atoms with Crippen LogP contribution in [0.25, 0.3) is 0 Å². The maximum absolute atomic E-state index is 13.3. The number of likely N-dealkylation sites (tertiary alicyclic amines) is 1. The zero-order valence-electron chi connectivity index (χ0n) is 31.8. The zero-order chi connectivity index (χ0) is 39.2. The number of ether oxygens (including phenoxy) is 1. The molecule has 0 amide bonds. The van der Waals surface area contributed by atoms with Gasteiger partial charge in [-0.05, 0) is 84.9 Å². The zero-order valence-corrected chi connectivity index (χ0v) is 31.8. The van der Waals surface area contributed by atoms with Gasteiger partial charge >= 0.3 is 6.18 Å². The maximum Gasteiger partial charge on any atom is 0.416 e. The molecule has 10 heteroatoms. The highest BCUT2D eigenvalue weighted by atomic mass is 19.4. The third-order valence-corrected chi connectivity index (χ3v) is 11.5. The molecule has 57 heavy (non-hydrogen) atoms. The first-order valence-corrected chi connectivity index (χ1v) is 19.8. The fourth-order valence-corrected chi connectivity index (χ4v) is 8.46. The van der Waals surface area contributed by atoms with Gasteiger partial charge in [-0.15, -0.1) is 0 Å². The largest absolute Gasteiger partial charge is 0.489 e. The second kappa shape index (κ2) is 16.8. The van der Waals surface area contributed by atoms with Gasteiger partial charge in [-0.25, -0.2) is 9.97 Å². The van der Waals surface area contributed by atoms with E-state index in [1.807, 2.05) is 12.4 Å². The Bertz CT molecular complexity index is 2100. The minimum atomic E-state index is -4.34. The van der Waals surface area contributed by atoms with E-state index in [-0.39, 0.29) is 11.9 Å². The van der Waals surface area contributed by atoms with Crippen LogP contribution in [0.3, 0.4) is 0 Å². The number of aromatic nitrogens is 3. The number of carbonyl (C=O) groups excluding carboxylic acids is 1. The van der Waals surface area contributed by atoms with Crippen LogP contribution in [-0.4, -0.2) is 57.5 Å². The Hall–Kier alpha value is -5.74. The van der Waals surface area contributed by atoms with Crippen LogP contribution in [0.4, 0.5) is 18.9 Å². The van der Waals surface area contributed by atoms with Crippen molar-refractivity contribution in [3.8, 4) is 5.75 Å². The standard InChI is InChI=1S/C47H46F3N5O2/c48-47(49,50)39-16-18-41(19-17-39)54-28-24-42(25-29-54)57-43-20-21-44(51-31-43)45(56)30-35-22-26-53(27-23-35)32-40-33-55(34-52-40)46(36-10-4-1-5-11-36,37-12-6-2-7-13-37)38-14-8-3-9-15-38/h1-21,31,33-35,42H,22-30,32H2. The summed E-state index contributed by atoms with van der Waals surface area (Å²) >= 11 is 0. The molecule has 2 fully saturated rings. The van der Waals surface area contributed by atoms with E-state index in [1.165, 1.54) is 12.1 Å². The Morgan fingerprint density at radius 1 is 0.667 bits per heavy atom. The van der Waals surface area contributed by atoms with Gasteiger partial charge in [0.1, 0.15) is 23.1 Å². The van der Waals surface area contributed by atoms with Gasteiger partial charge in [0.15, 0.2) is 5.78 Å². The first-order valence-electron chi connectivity index (χ1n) is 19.8. The number of carbonyl (C=O) groups is 1. The molecule has 6 aromatic rings.